The van der Waals surface area contributed by atoms with E-state index in [1.165, 1.54) is 0 Å². The van der Waals surface area contributed by atoms with Crippen LogP contribution in [0.4, 0.5) is 0 Å². The van der Waals surface area contributed by atoms with E-state index >= 15 is 0 Å². The molecule has 1 aromatic carbocycles. The zero-order valence-corrected chi connectivity index (χ0v) is 13.3. The van der Waals surface area contributed by atoms with Crippen molar-refractivity contribution in [3.63, 3.8) is 0 Å². The lowest BCUT2D eigenvalue weighted by atomic mass is 10.1. The van der Waals surface area contributed by atoms with E-state index in [-0.39, 0.29) is 5.78 Å². The first-order valence-electron chi connectivity index (χ1n) is 7.07. The van der Waals surface area contributed by atoms with E-state index in [1.54, 1.807) is 23.9 Å². The highest BCUT2D eigenvalue weighted by Gasteiger charge is 2.14. The summed E-state index contributed by atoms with van der Waals surface area (Å²) in [6.45, 7) is 3.74. The van der Waals surface area contributed by atoms with Gasteiger partial charge in [-0.3, -0.25) is 9.48 Å². The molecule has 0 spiro atoms. The molecule has 0 radical (unpaired) electrons. The number of hydrogen-bond donors (Lipinski definition) is 0. The van der Waals surface area contributed by atoms with Crippen molar-refractivity contribution in [3.05, 3.63) is 65.0 Å². The van der Waals surface area contributed by atoms with Crippen LogP contribution in [-0.4, -0.2) is 22.7 Å². The second-order valence-corrected chi connectivity index (χ2v) is 4.99. The number of aromatic nitrogens is 2. The lowest BCUT2D eigenvalue weighted by molar-refractivity contribution is 0.104. The normalized spacial score (nSPS) is 11.5. The Morgan fingerprint density at radius 1 is 1.23 bits per heavy atom. The fourth-order valence-corrected chi connectivity index (χ4v) is 2.32. The summed E-state index contributed by atoms with van der Waals surface area (Å²) < 4.78 is 7.00. The summed E-state index contributed by atoms with van der Waals surface area (Å²) in [5.74, 6) is 0.769. The molecule has 4 heteroatoms. The van der Waals surface area contributed by atoms with Gasteiger partial charge in [0.25, 0.3) is 0 Å². The van der Waals surface area contributed by atoms with E-state index in [4.69, 9.17) is 4.74 Å². The lowest BCUT2D eigenvalue weighted by Crippen LogP contribution is -1.99. The van der Waals surface area contributed by atoms with E-state index in [1.807, 2.05) is 57.3 Å². The third-order valence-corrected chi connectivity index (χ3v) is 3.53. The predicted octanol–water partition coefficient (Wildman–Crippen LogP) is 3.50. The Hall–Kier alpha value is -2.62. The summed E-state index contributed by atoms with van der Waals surface area (Å²) in [4.78, 5) is 12.2. The summed E-state index contributed by atoms with van der Waals surface area (Å²) in [5, 5.41) is 4.26. The largest absolute Gasteiger partial charge is 0.496 e. The smallest absolute Gasteiger partial charge is 0.189 e. The summed E-state index contributed by atoms with van der Waals surface area (Å²) in [6, 6.07) is 7.72. The highest BCUT2D eigenvalue weighted by Crippen LogP contribution is 2.18. The third kappa shape index (κ3) is 3.34. The van der Waals surface area contributed by atoms with Gasteiger partial charge in [0.15, 0.2) is 5.78 Å². The number of ketones is 1. The molecular formula is C18H20N2O2. The maximum Gasteiger partial charge on any atom is 0.189 e. The third-order valence-electron chi connectivity index (χ3n) is 3.53. The molecule has 0 fully saturated rings. The van der Waals surface area contributed by atoms with Crippen molar-refractivity contribution >= 4 is 11.9 Å². The first-order chi connectivity index (χ1) is 10.5. The number of benzene rings is 1. The summed E-state index contributed by atoms with van der Waals surface area (Å²) in [6.07, 6.45) is 7.03. The molecule has 0 saturated carbocycles. The number of ether oxygens (including phenoxy) is 1. The van der Waals surface area contributed by atoms with E-state index < -0.39 is 0 Å². The predicted molar refractivity (Wildman–Crippen MR) is 88.2 cm³/mol. The van der Waals surface area contributed by atoms with E-state index in [2.05, 4.69) is 5.10 Å². The topological polar surface area (TPSA) is 44.1 Å². The second-order valence-electron chi connectivity index (χ2n) is 4.99. The highest BCUT2D eigenvalue weighted by atomic mass is 16.5. The molecule has 0 amide bonds. The Bertz CT molecular complexity index is 740. The molecule has 0 bridgehead atoms. The molecule has 0 aliphatic carbocycles. The summed E-state index contributed by atoms with van der Waals surface area (Å²) >= 11 is 0. The molecule has 1 aromatic heterocycles. The quantitative estimate of drug-likeness (QED) is 0.482. The zero-order valence-electron chi connectivity index (χ0n) is 13.3. The van der Waals surface area contributed by atoms with E-state index in [0.717, 1.165) is 22.7 Å². The number of hydrogen-bond acceptors (Lipinski definition) is 3. The van der Waals surface area contributed by atoms with Crippen molar-refractivity contribution in [2.24, 2.45) is 7.05 Å². The van der Waals surface area contributed by atoms with Crippen LogP contribution in [0, 0.1) is 13.8 Å². The fourth-order valence-electron chi connectivity index (χ4n) is 2.32. The minimum atomic E-state index is -0.0345. The standard InChI is InChI=1S/C18H20N2O2/c1-13-18(14(2)20(3)19-13)16(21)11-7-5-9-15-10-6-8-12-17(15)22-4/h5-12H,1-4H3. The van der Waals surface area contributed by atoms with Gasteiger partial charge in [-0.25, -0.2) is 0 Å². The van der Waals surface area contributed by atoms with Gasteiger partial charge in [-0.05, 0) is 26.0 Å². The van der Waals surface area contributed by atoms with Crippen molar-refractivity contribution in [1.82, 2.24) is 9.78 Å². The van der Waals surface area contributed by atoms with Crippen molar-refractivity contribution < 1.29 is 9.53 Å². The molecule has 0 aliphatic rings. The number of aryl methyl sites for hydroxylation is 2. The van der Waals surface area contributed by atoms with Crippen LogP contribution in [0.15, 0.2) is 42.5 Å². The van der Waals surface area contributed by atoms with Crippen molar-refractivity contribution in [3.8, 4) is 5.75 Å². The molecule has 0 aliphatic heterocycles. The van der Waals surface area contributed by atoms with Gasteiger partial charge in [0.05, 0.1) is 18.4 Å². The molecule has 22 heavy (non-hydrogen) atoms. The maximum atomic E-state index is 12.2. The fraction of sp³-hybridized carbons (Fsp3) is 0.222. The monoisotopic (exact) mass is 296 g/mol. The minimum absolute atomic E-state index is 0.0345. The average Bonchev–Trinajstić information content (AvgIpc) is 2.76. The molecule has 0 saturated heterocycles. The number of rotatable bonds is 5. The van der Waals surface area contributed by atoms with Crippen molar-refractivity contribution in [2.45, 2.75) is 13.8 Å². The van der Waals surface area contributed by atoms with E-state index in [0.29, 0.717) is 5.56 Å². The van der Waals surface area contributed by atoms with Crippen molar-refractivity contribution in [1.29, 1.82) is 0 Å². The summed E-state index contributed by atoms with van der Waals surface area (Å²) in [7, 11) is 3.48. The molecule has 4 nitrogen and oxygen atoms in total. The Kier molecular flexibility index (Phi) is 4.94. The minimum Gasteiger partial charge on any atom is -0.496 e. The number of carbonyl (C=O) groups is 1. The first kappa shape index (κ1) is 15.8. The van der Waals surface area contributed by atoms with Gasteiger partial charge >= 0.3 is 0 Å². The van der Waals surface area contributed by atoms with Crippen LogP contribution >= 0.6 is 0 Å². The van der Waals surface area contributed by atoms with Crippen LogP contribution in [0.25, 0.3) is 6.08 Å². The van der Waals surface area contributed by atoms with E-state index in [9.17, 15) is 4.79 Å². The van der Waals surface area contributed by atoms with Crippen LogP contribution in [-0.2, 0) is 7.05 Å². The van der Waals surface area contributed by atoms with Gasteiger partial charge in [0.1, 0.15) is 5.75 Å². The first-order valence-corrected chi connectivity index (χ1v) is 7.07. The molecule has 0 N–H and O–H groups in total. The number of para-hydroxylation sites is 1. The van der Waals surface area contributed by atoms with Crippen LogP contribution in [0.5, 0.6) is 5.75 Å². The molecule has 0 unspecified atom stereocenters. The average molecular weight is 296 g/mol. The Morgan fingerprint density at radius 3 is 2.59 bits per heavy atom. The molecule has 2 aromatic rings. The van der Waals surface area contributed by atoms with Gasteiger partial charge in [0.2, 0.25) is 0 Å². The lowest BCUT2D eigenvalue weighted by Gasteiger charge is -2.02. The Balaban J connectivity index is 2.12. The van der Waals surface area contributed by atoms with Gasteiger partial charge in [-0.15, -0.1) is 0 Å². The summed E-state index contributed by atoms with van der Waals surface area (Å²) in [5.41, 5.74) is 3.27. The highest BCUT2D eigenvalue weighted by molar-refractivity contribution is 6.06. The van der Waals surface area contributed by atoms with Crippen LogP contribution in [0.2, 0.25) is 0 Å². The van der Waals surface area contributed by atoms with Crippen LogP contribution in [0.3, 0.4) is 0 Å². The van der Waals surface area contributed by atoms with Gasteiger partial charge in [-0.1, -0.05) is 36.4 Å². The maximum absolute atomic E-state index is 12.2. The second kappa shape index (κ2) is 6.89. The molecule has 1 heterocycles. The van der Waals surface area contributed by atoms with Crippen molar-refractivity contribution in [2.75, 3.05) is 7.11 Å². The van der Waals surface area contributed by atoms with Crippen LogP contribution < -0.4 is 4.74 Å². The number of carbonyl (C=O) groups excluding carboxylic acids is 1. The molecular weight excluding hydrogens is 276 g/mol. The van der Waals surface area contributed by atoms with Crippen LogP contribution in [0.1, 0.15) is 27.3 Å². The number of allylic oxidation sites excluding steroid dienone is 3. The Labute approximate surface area is 130 Å². The molecule has 114 valence electrons. The van der Waals surface area contributed by atoms with Gasteiger partial charge < -0.3 is 4.74 Å². The molecule has 2 rings (SSSR count). The number of methoxy groups -OCH3 is 1. The van der Waals surface area contributed by atoms with Gasteiger partial charge in [0, 0.05) is 18.3 Å². The number of nitrogens with zero attached hydrogens (tertiary/aromatic N) is 2. The zero-order chi connectivity index (χ0) is 16.1. The van der Waals surface area contributed by atoms with Gasteiger partial charge in [-0.2, -0.15) is 5.10 Å². The Morgan fingerprint density at radius 2 is 1.95 bits per heavy atom. The SMILES string of the molecule is COc1ccccc1C=CC=CC(=O)c1c(C)nn(C)c1C. The molecule has 0 atom stereocenters.